The molecule has 0 unspecified atom stereocenters. The summed E-state index contributed by atoms with van der Waals surface area (Å²) in [5.74, 6) is -2.59. The van der Waals surface area contributed by atoms with E-state index in [4.69, 9.17) is 22.3 Å². The van der Waals surface area contributed by atoms with Gasteiger partial charge in [-0.15, -0.1) is 12.4 Å². The van der Waals surface area contributed by atoms with Gasteiger partial charge in [0.2, 0.25) is 0 Å². The Morgan fingerprint density at radius 3 is 1.33 bits per heavy atom. The monoisotopic (exact) mass is 196 g/mol. The molecule has 0 saturated heterocycles. The predicted octanol–water partition coefficient (Wildman–Crippen LogP) is -0.731. The molecule has 0 bridgehead atoms. The summed E-state index contributed by atoms with van der Waals surface area (Å²) >= 11 is 0. The molecule has 0 aliphatic rings. The van der Waals surface area contributed by atoms with Gasteiger partial charge in [0, 0.05) is 14.2 Å². The maximum Gasteiger partial charge on any atom is 0.286 e. The van der Waals surface area contributed by atoms with Crippen LogP contribution in [0.4, 0.5) is 0 Å². The van der Waals surface area contributed by atoms with Crippen LogP contribution in [0.15, 0.2) is 0 Å². The Labute approximate surface area is 76.6 Å². The largest absolute Gasteiger partial charge is 0.383 e. The summed E-state index contributed by atoms with van der Waals surface area (Å²) in [4.78, 5) is 0. The number of rotatable bonds is 4. The Bertz CT molecular complexity index is 164. The number of nitrogens with two attached hydrogens (primary N) is 2. The van der Waals surface area contributed by atoms with Crippen molar-refractivity contribution in [3.8, 4) is 0 Å². The van der Waals surface area contributed by atoms with Gasteiger partial charge in [-0.2, -0.15) is 0 Å². The molecular formula is C5H13ClN4O2. The molecular weight excluding hydrogens is 184 g/mol. The lowest BCUT2D eigenvalue weighted by Gasteiger charge is -2.27. The molecule has 6 N–H and O–H groups in total. The van der Waals surface area contributed by atoms with E-state index in [0.29, 0.717) is 0 Å². The van der Waals surface area contributed by atoms with Crippen LogP contribution in [-0.2, 0) is 9.47 Å². The first-order valence-electron chi connectivity index (χ1n) is 2.80. The van der Waals surface area contributed by atoms with E-state index in [1.54, 1.807) is 0 Å². The standard InChI is InChI=1S/C5H12N4O2.ClH/c1-10-5(11-2,3(6)7)4(8)9;/h1-2H3,(H3,6,7)(H3,8,9);1H. The molecule has 7 heteroatoms. The van der Waals surface area contributed by atoms with Crippen molar-refractivity contribution in [1.29, 1.82) is 10.8 Å². The fourth-order valence-electron chi connectivity index (χ4n) is 0.668. The van der Waals surface area contributed by atoms with E-state index in [1.165, 1.54) is 14.2 Å². The summed E-state index contributed by atoms with van der Waals surface area (Å²) in [6, 6.07) is 0. The van der Waals surface area contributed by atoms with Gasteiger partial charge in [0.25, 0.3) is 5.79 Å². The second kappa shape index (κ2) is 4.91. The smallest absolute Gasteiger partial charge is 0.286 e. The van der Waals surface area contributed by atoms with Gasteiger partial charge in [0.15, 0.2) is 11.7 Å². The summed E-state index contributed by atoms with van der Waals surface area (Å²) in [6.07, 6.45) is 0. The second-order valence-electron chi connectivity index (χ2n) is 1.85. The van der Waals surface area contributed by atoms with Crippen LogP contribution in [0.2, 0.25) is 0 Å². The number of amidine groups is 2. The molecule has 0 saturated carbocycles. The van der Waals surface area contributed by atoms with Gasteiger partial charge in [0.1, 0.15) is 0 Å². The highest BCUT2D eigenvalue weighted by molar-refractivity contribution is 6.07. The van der Waals surface area contributed by atoms with Crippen LogP contribution in [0.5, 0.6) is 0 Å². The lowest BCUT2D eigenvalue weighted by atomic mass is 10.2. The van der Waals surface area contributed by atoms with Crippen LogP contribution in [0.3, 0.4) is 0 Å². The Kier molecular flexibility index (Phi) is 5.62. The number of hydrogen-bond acceptors (Lipinski definition) is 4. The Balaban J connectivity index is 0. The van der Waals surface area contributed by atoms with E-state index in [0.717, 1.165) is 0 Å². The summed E-state index contributed by atoms with van der Waals surface area (Å²) < 4.78 is 9.38. The molecule has 0 aliphatic heterocycles. The molecule has 0 rings (SSSR count). The number of halogens is 1. The summed E-state index contributed by atoms with van der Waals surface area (Å²) in [5, 5.41) is 14.1. The van der Waals surface area contributed by atoms with Crippen molar-refractivity contribution < 1.29 is 9.47 Å². The second-order valence-corrected chi connectivity index (χ2v) is 1.85. The highest BCUT2D eigenvalue weighted by Gasteiger charge is 2.37. The maximum atomic E-state index is 7.04. The average Bonchev–Trinajstić information content (AvgIpc) is 1.90. The third-order valence-corrected chi connectivity index (χ3v) is 1.28. The van der Waals surface area contributed by atoms with Crippen LogP contribution in [0, 0.1) is 10.8 Å². The lowest BCUT2D eigenvalue weighted by Crippen LogP contribution is -2.56. The molecule has 0 fully saturated rings. The van der Waals surface area contributed by atoms with Crippen LogP contribution in [0.1, 0.15) is 0 Å². The Hall–Kier alpha value is -0.850. The molecule has 0 aromatic rings. The van der Waals surface area contributed by atoms with Gasteiger partial charge in [0.05, 0.1) is 0 Å². The van der Waals surface area contributed by atoms with Crippen molar-refractivity contribution in [2.45, 2.75) is 5.79 Å². The van der Waals surface area contributed by atoms with Crippen LogP contribution < -0.4 is 11.5 Å². The minimum atomic E-state index is -1.69. The van der Waals surface area contributed by atoms with E-state index in [1.807, 2.05) is 0 Å². The summed E-state index contributed by atoms with van der Waals surface area (Å²) in [6.45, 7) is 0. The van der Waals surface area contributed by atoms with E-state index in [9.17, 15) is 0 Å². The first-order chi connectivity index (χ1) is 5.01. The number of methoxy groups -OCH3 is 2. The van der Waals surface area contributed by atoms with Gasteiger partial charge in [-0.3, -0.25) is 10.8 Å². The third kappa shape index (κ3) is 2.07. The van der Waals surface area contributed by atoms with E-state index in [2.05, 4.69) is 9.47 Å². The van der Waals surface area contributed by atoms with Gasteiger partial charge in [-0.1, -0.05) is 0 Å². The zero-order valence-corrected chi connectivity index (χ0v) is 7.70. The highest BCUT2D eigenvalue weighted by Crippen LogP contribution is 2.09. The highest BCUT2D eigenvalue weighted by atomic mass is 35.5. The normalized spacial score (nSPS) is 10.2. The summed E-state index contributed by atoms with van der Waals surface area (Å²) in [7, 11) is 2.51. The average molecular weight is 197 g/mol. The van der Waals surface area contributed by atoms with E-state index >= 15 is 0 Å². The van der Waals surface area contributed by atoms with Gasteiger partial charge < -0.3 is 20.9 Å². The van der Waals surface area contributed by atoms with Crippen molar-refractivity contribution in [1.82, 2.24) is 0 Å². The van der Waals surface area contributed by atoms with E-state index < -0.39 is 17.5 Å². The molecule has 0 spiro atoms. The van der Waals surface area contributed by atoms with Gasteiger partial charge >= 0.3 is 0 Å². The number of ether oxygens (including phenoxy) is 2. The molecule has 12 heavy (non-hydrogen) atoms. The van der Waals surface area contributed by atoms with Crippen LogP contribution in [0.25, 0.3) is 0 Å². The third-order valence-electron chi connectivity index (χ3n) is 1.28. The van der Waals surface area contributed by atoms with E-state index in [-0.39, 0.29) is 12.4 Å². The first-order valence-corrected chi connectivity index (χ1v) is 2.80. The Morgan fingerprint density at radius 1 is 1.08 bits per heavy atom. The topological polar surface area (TPSA) is 118 Å². The molecule has 0 amide bonds. The molecule has 0 atom stereocenters. The molecule has 0 aromatic heterocycles. The van der Waals surface area contributed by atoms with Crippen molar-refractivity contribution in [2.75, 3.05) is 14.2 Å². The van der Waals surface area contributed by atoms with Gasteiger partial charge in [-0.05, 0) is 0 Å². The van der Waals surface area contributed by atoms with Crippen LogP contribution >= 0.6 is 12.4 Å². The van der Waals surface area contributed by atoms with Crippen molar-refractivity contribution in [2.24, 2.45) is 11.5 Å². The maximum absolute atomic E-state index is 7.04. The molecule has 0 aromatic carbocycles. The molecule has 6 nitrogen and oxygen atoms in total. The molecule has 0 heterocycles. The van der Waals surface area contributed by atoms with Crippen molar-refractivity contribution >= 4 is 24.1 Å². The molecule has 0 radical (unpaired) electrons. The SMILES string of the molecule is COC(OC)(C(=N)N)C(=N)N.Cl. The lowest BCUT2D eigenvalue weighted by molar-refractivity contribution is -0.103. The number of hydrogen-bond donors (Lipinski definition) is 4. The quantitative estimate of drug-likeness (QED) is 0.269. The summed E-state index contributed by atoms with van der Waals surface area (Å²) in [5.41, 5.74) is 10.2. The zero-order chi connectivity index (χ0) is 9.07. The van der Waals surface area contributed by atoms with Crippen LogP contribution in [-0.4, -0.2) is 31.7 Å². The van der Waals surface area contributed by atoms with Gasteiger partial charge in [-0.25, -0.2) is 0 Å². The minimum Gasteiger partial charge on any atom is -0.383 e. The van der Waals surface area contributed by atoms with Crippen molar-refractivity contribution in [3.05, 3.63) is 0 Å². The number of nitrogens with one attached hydrogen (secondary N) is 2. The van der Waals surface area contributed by atoms with Crippen molar-refractivity contribution in [3.63, 3.8) is 0 Å². The zero-order valence-electron chi connectivity index (χ0n) is 6.88. The fraction of sp³-hybridized carbons (Fsp3) is 0.600. The Morgan fingerprint density at radius 2 is 1.33 bits per heavy atom. The molecule has 72 valence electrons. The molecule has 0 aliphatic carbocycles. The minimum absolute atomic E-state index is 0. The first kappa shape index (κ1) is 13.7. The fourth-order valence-corrected chi connectivity index (χ4v) is 0.668. The predicted molar refractivity (Wildman–Crippen MR) is 47.8 cm³/mol.